The number of hydrogen-bond donors (Lipinski definition) is 2. The minimum absolute atomic E-state index is 0.101. The summed E-state index contributed by atoms with van der Waals surface area (Å²) in [6, 6.07) is 12.7. The van der Waals surface area contributed by atoms with Crippen LogP contribution in [0.5, 0.6) is 11.5 Å². The number of methoxy groups -OCH3 is 2. The van der Waals surface area contributed by atoms with E-state index in [-0.39, 0.29) is 16.6 Å². The van der Waals surface area contributed by atoms with Crippen molar-refractivity contribution in [2.75, 3.05) is 24.3 Å². The smallest absolute Gasteiger partial charge is 0.265 e. The number of ether oxygens (including phenoxy) is 2. The van der Waals surface area contributed by atoms with Gasteiger partial charge in [-0.2, -0.15) is 0 Å². The Kier molecular flexibility index (Phi) is 6.46. The highest BCUT2D eigenvalue weighted by Crippen LogP contribution is 2.32. The SMILES string of the molecule is COc1ccc(NS(=O)(=O)c2cc(NC(=O)c3cccs3)ccc2OC)cc1Br. The van der Waals surface area contributed by atoms with Gasteiger partial charge >= 0.3 is 0 Å². The number of thiophene rings is 1. The number of amides is 1. The second-order valence-corrected chi connectivity index (χ2v) is 9.20. The number of anilines is 2. The maximum Gasteiger partial charge on any atom is 0.265 e. The Hall–Kier alpha value is -2.56. The van der Waals surface area contributed by atoms with Crippen molar-refractivity contribution in [3.05, 3.63) is 63.3 Å². The minimum Gasteiger partial charge on any atom is -0.496 e. The van der Waals surface area contributed by atoms with E-state index in [4.69, 9.17) is 9.47 Å². The summed E-state index contributed by atoms with van der Waals surface area (Å²) in [6.45, 7) is 0. The van der Waals surface area contributed by atoms with Gasteiger partial charge < -0.3 is 14.8 Å². The van der Waals surface area contributed by atoms with Crippen molar-refractivity contribution in [3.8, 4) is 11.5 Å². The van der Waals surface area contributed by atoms with E-state index >= 15 is 0 Å². The van der Waals surface area contributed by atoms with Crippen LogP contribution in [0.15, 0.2) is 63.3 Å². The molecule has 1 aromatic heterocycles. The summed E-state index contributed by atoms with van der Waals surface area (Å²) in [4.78, 5) is 12.7. The zero-order valence-corrected chi connectivity index (χ0v) is 18.7. The van der Waals surface area contributed by atoms with Crippen molar-refractivity contribution in [2.24, 2.45) is 0 Å². The molecule has 3 rings (SSSR count). The first-order valence-corrected chi connectivity index (χ1v) is 11.4. The van der Waals surface area contributed by atoms with Gasteiger partial charge in [-0.3, -0.25) is 9.52 Å². The molecule has 1 heterocycles. The van der Waals surface area contributed by atoms with E-state index < -0.39 is 10.0 Å². The van der Waals surface area contributed by atoms with Gasteiger partial charge in [0.25, 0.3) is 15.9 Å². The van der Waals surface area contributed by atoms with E-state index in [0.717, 1.165) is 0 Å². The second-order valence-electron chi connectivity index (χ2n) is 5.75. The number of carbonyl (C=O) groups is 1. The van der Waals surface area contributed by atoms with Gasteiger partial charge in [0.05, 0.1) is 29.3 Å². The number of rotatable bonds is 7. The van der Waals surface area contributed by atoms with Crippen molar-refractivity contribution in [1.82, 2.24) is 0 Å². The molecule has 0 fully saturated rings. The van der Waals surface area contributed by atoms with Gasteiger partial charge in [-0.1, -0.05) is 6.07 Å². The fraction of sp³-hybridized carbons (Fsp3) is 0.105. The van der Waals surface area contributed by atoms with Crippen molar-refractivity contribution in [2.45, 2.75) is 4.90 Å². The molecular weight excluding hydrogens is 480 g/mol. The fourth-order valence-corrected chi connectivity index (χ4v) is 4.91. The van der Waals surface area contributed by atoms with Gasteiger partial charge in [0, 0.05) is 5.69 Å². The Morgan fingerprint density at radius 3 is 2.31 bits per heavy atom. The summed E-state index contributed by atoms with van der Waals surface area (Å²) in [5.41, 5.74) is 0.674. The lowest BCUT2D eigenvalue weighted by atomic mass is 10.3. The fourth-order valence-electron chi connectivity index (χ4n) is 2.50. The first kappa shape index (κ1) is 21.2. The lowest BCUT2D eigenvalue weighted by Crippen LogP contribution is -2.15. The molecule has 0 unspecified atom stereocenters. The first-order chi connectivity index (χ1) is 13.8. The van der Waals surface area contributed by atoms with Crippen LogP contribution < -0.4 is 19.5 Å². The Morgan fingerprint density at radius 1 is 1.00 bits per heavy atom. The number of benzene rings is 2. The predicted molar refractivity (Wildman–Crippen MR) is 117 cm³/mol. The summed E-state index contributed by atoms with van der Waals surface area (Å²) < 4.78 is 39.4. The summed E-state index contributed by atoms with van der Waals surface area (Å²) in [5, 5.41) is 4.48. The number of hydrogen-bond acceptors (Lipinski definition) is 6. The second kappa shape index (κ2) is 8.85. The molecule has 0 saturated heterocycles. The minimum atomic E-state index is -3.99. The van der Waals surface area contributed by atoms with Crippen molar-refractivity contribution in [1.29, 1.82) is 0 Å². The Balaban J connectivity index is 1.90. The molecule has 0 atom stereocenters. The zero-order chi connectivity index (χ0) is 21.0. The molecule has 2 aromatic carbocycles. The standard InChI is InChI=1S/C19H17BrN2O5S2/c1-26-15-7-6-13(10-14(15)20)22-29(24,25)18-11-12(5-8-16(18)27-2)21-19(23)17-4-3-9-28-17/h3-11,22H,1-2H3,(H,21,23). The summed E-state index contributed by atoms with van der Waals surface area (Å²) >= 11 is 4.62. The van der Waals surface area contributed by atoms with Gasteiger partial charge in [-0.25, -0.2) is 8.42 Å². The normalized spacial score (nSPS) is 11.0. The van der Waals surface area contributed by atoms with Crippen molar-refractivity contribution >= 4 is 54.6 Å². The predicted octanol–water partition coefficient (Wildman–Crippen LogP) is 4.58. The van der Waals surface area contributed by atoms with Crippen LogP contribution in [-0.4, -0.2) is 28.5 Å². The Labute approximate surface area is 180 Å². The van der Waals surface area contributed by atoms with Gasteiger partial charge in [-0.05, 0) is 63.8 Å². The average Bonchev–Trinajstić information content (AvgIpc) is 3.23. The molecule has 152 valence electrons. The van der Waals surface area contributed by atoms with E-state index in [1.165, 1.54) is 37.7 Å². The van der Waals surface area contributed by atoms with E-state index in [1.54, 1.807) is 41.8 Å². The highest BCUT2D eigenvalue weighted by Gasteiger charge is 2.21. The number of halogens is 1. The molecule has 7 nitrogen and oxygen atoms in total. The maximum atomic E-state index is 13.0. The van der Waals surface area contributed by atoms with E-state index in [9.17, 15) is 13.2 Å². The molecule has 0 aliphatic rings. The number of nitrogens with one attached hydrogen (secondary N) is 2. The van der Waals surface area contributed by atoms with Crippen LogP contribution in [0.25, 0.3) is 0 Å². The number of sulfonamides is 1. The highest BCUT2D eigenvalue weighted by molar-refractivity contribution is 9.10. The third-order valence-corrected chi connectivity index (χ3v) is 6.75. The lowest BCUT2D eigenvalue weighted by Gasteiger charge is -2.14. The van der Waals surface area contributed by atoms with Crippen molar-refractivity contribution in [3.63, 3.8) is 0 Å². The van der Waals surface area contributed by atoms with Gasteiger partial charge in [0.1, 0.15) is 16.4 Å². The van der Waals surface area contributed by atoms with Crippen LogP contribution >= 0.6 is 27.3 Å². The topological polar surface area (TPSA) is 93.7 Å². The molecule has 29 heavy (non-hydrogen) atoms. The monoisotopic (exact) mass is 496 g/mol. The zero-order valence-electron chi connectivity index (χ0n) is 15.4. The van der Waals surface area contributed by atoms with Crippen LogP contribution in [0.2, 0.25) is 0 Å². The van der Waals surface area contributed by atoms with Crippen LogP contribution in [0, 0.1) is 0 Å². The van der Waals surface area contributed by atoms with Gasteiger partial charge in [0.15, 0.2) is 0 Å². The van der Waals surface area contributed by atoms with E-state index in [2.05, 4.69) is 26.0 Å². The first-order valence-electron chi connectivity index (χ1n) is 8.23. The molecule has 10 heteroatoms. The number of carbonyl (C=O) groups excluding carboxylic acids is 1. The average molecular weight is 497 g/mol. The van der Waals surface area contributed by atoms with Gasteiger partial charge in [-0.15, -0.1) is 11.3 Å². The largest absolute Gasteiger partial charge is 0.496 e. The van der Waals surface area contributed by atoms with Crippen LogP contribution in [0.1, 0.15) is 9.67 Å². The molecule has 0 saturated carbocycles. The third-order valence-electron chi connectivity index (χ3n) is 3.86. The molecule has 3 aromatic rings. The molecule has 2 N–H and O–H groups in total. The van der Waals surface area contributed by atoms with E-state index in [1.807, 2.05) is 0 Å². The summed E-state index contributed by atoms with van der Waals surface area (Å²) in [7, 11) is -1.09. The molecule has 0 aliphatic carbocycles. The molecule has 1 amide bonds. The maximum absolute atomic E-state index is 13.0. The Bertz CT molecular complexity index is 1130. The molecule has 0 radical (unpaired) electrons. The molecule has 0 spiro atoms. The summed E-state index contributed by atoms with van der Waals surface area (Å²) in [5.74, 6) is 0.406. The quantitative estimate of drug-likeness (QED) is 0.499. The Morgan fingerprint density at radius 2 is 1.69 bits per heavy atom. The summed E-state index contributed by atoms with van der Waals surface area (Å²) in [6.07, 6.45) is 0. The van der Waals surface area contributed by atoms with E-state index in [0.29, 0.717) is 26.5 Å². The molecular formula is C19H17BrN2O5S2. The molecule has 0 bridgehead atoms. The van der Waals surface area contributed by atoms with Crippen LogP contribution in [0.4, 0.5) is 11.4 Å². The lowest BCUT2D eigenvalue weighted by molar-refractivity contribution is 0.103. The van der Waals surface area contributed by atoms with Crippen LogP contribution in [0.3, 0.4) is 0 Å². The van der Waals surface area contributed by atoms with Gasteiger partial charge in [0.2, 0.25) is 0 Å². The highest BCUT2D eigenvalue weighted by atomic mass is 79.9. The third kappa shape index (κ3) is 4.89. The van der Waals surface area contributed by atoms with Crippen LogP contribution in [-0.2, 0) is 10.0 Å². The molecule has 0 aliphatic heterocycles. The van der Waals surface area contributed by atoms with Crippen molar-refractivity contribution < 1.29 is 22.7 Å².